The van der Waals surface area contributed by atoms with E-state index in [0.717, 1.165) is 11.7 Å². The predicted octanol–water partition coefficient (Wildman–Crippen LogP) is 3.12. The van der Waals surface area contributed by atoms with Gasteiger partial charge in [-0.1, -0.05) is 18.6 Å². The fourth-order valence-corrected chi connectivity index (χ4v) is 3.48. The first kappa shape index (κ1) is 14.8. The molecule has 1 saturated carbocycles. The van der Waals surface area contributed by atoms with E-state index in [4.69, 9.17) is 0 Å². The zero-order chi connectivity index (χ0) is 13.7. The number of rotatable bonds is 5. The first-order valence-electron chi connectivity index (χ1n) is 6.88. The maximum Gasteiger partial charge on any atom is 0.123 e. The van der Waals surface area contributed by atoms with Crippen molar-refractivity contribution in [2.45, 2.75) is 43.1 Å². The number of nitrogens with one attached hydrogen (secondary N) is 1. The van der Waals surface area contributed by atoms with Crippen molar-refractivity contribution in [3.8, 4) is 0 Å². The van der Waals surface area contributed by atoms with Gasteiger partial charge >= 0.3 is 0 Å². The van der Waals surface area contributed by atoms with Crippen LogP contribution in [-0.4, -0.2) is 29.2 Å². The van der Waals surface area contributed by atoms with Gasteiger partial charge in [-0.2, -0.15) is 11.8 Å². The highest BCUT2D eigenvalue weighted by atomic mass is 32.2. The smallest absolute Gasteiger partial charge is 0.123 e. The van der Waals surface area contributed by atoms with Crippen LogP contribution in [0.15, 0.2) is 24.3 Å². The lowest BCUT2D eigenvalue weighted by atomic mass is 9.94. The van der Waals surface area contributed by atoms with Gasteiger partial charge in [0.25, 0.3) is 0 Å². The Morgan fingerprint density at radius 1 is 1.47 bits per heavy atom. The average molecular weight is 283 g/mol. The van der Waals surface area contributed by atoms with E-state index in [-0.39, 0.29) is 5.82 Å². The summed E-state index contributed by atoms with van der Waals surface area (Å²) in [4.78, 5) is 0. The highest BCUT2D eigenvalue weighted by Gasteiger charge is 2.21. The molecule has 1 aliphatic carbocycles. The maximum atomic E-state index is 13.1. The number of hydrogen-bond acceptors (Lipinski definition) is 3. The standard InChI is InChI=1S/C15H22FNOS/c1-19-14-7-3-6-13(9-14)17-10-15(18)11-4-2-5-12(16)8-11/h2,4-5,8,13-15,17-18H,3,6-7,9-10H2,1H3. The lowest BCUT2D eigenvalue weighted by Gasteiger charge is -2.29. The Bertz CT molecular complexity index is 401. The van der Waals surface area contributed by atoms with Crippen LogP contribution in [0.4, 0.5) is 4.39 Å². The molecule has 0 radical (unpaired) electrons. The summed E-state index contributed by atoms with van der Waals surface area (Å²) in [6, 6.07) is 6.68. The Kier molecular flexibility index (Phi) is 5.67. The second-order valence-electron chi connectivity index (χ2n) is 5.20. The number of aliphatic hydroxyl groups is 1. The molecule has 0 aliphatic heterocycles. The molecule has 106 valence electrons. The molecular formula is C15H22FNOS. The van der Waals surface area contributed by atoms with Crippen LogP contribution < -0.4 is 5.32 Å². The molecule has 0 spiro atoms. The minimum absolute atomic E-state index is 0.295. The van der Waals surface area contributed by atoms with Crippen LogP contribution in [-0.2, 0) is 0 Å². The minimum atomic E-state index is -0.634. The lowest BCUT2D eigenvalue weighted by molar-refractivity contribution is 0.165. The topological polar surface area (TPSA) is 32.3 Å². The van der Waals surface area contributed by atoms with E-state index in [2.05, 4.69) is 11.6 Å². The Morgan fingerprint density at radius 2 is 2.32 bits per heavy atom. The van der Waals surface area contributed by atoms with E-state index in [1.165, 1.54) is 31.4 Å². The molecule has 0 heterocycles. The van der Waals surface area contributed by atoms with E-state index in [1.807, 2.05) is 11.8 Å². The molecule has 2 N–H and O–H groups in total. The Morgan fingerprint density at radius 3 is 3.05 bits per heavy atom. The van der Waals surface area contributed by atoms with E-state index in [0.29, 0.717) is 18.2 Å². The zero-order valence-corrected chi connectivity index (χ0v) is 12.1. The fraction of sp³-hybridized carbons (Fsp3) is 0.600. The van der Waals surface area contributed by atoms with E-state index >= 15 is 0 Å². The van der Waals surface area contributed by atoms with Gasteiger partial charge in [0, 0.05) is 17.8 Å². The molecule has 0 amide bonds. The molecular weight excluding hydrogens is 261 g/mol. The molecule has 0 bridgehead atoms. The van der Waals surface area contributed by atoms with E-state index < -0.39 is 6.10 Å². The van der Waals surface area contributed by atoms with Crippen LogP contribution in [0.2, 0.25) is 0 Å². The first-order valence-corrected chi connectivity index (χ1v) is 8.17. The van der Waals surface area contributed by atoms with Gasteiger partial charge in [-0.25, -0.2) is 4.39 Å². The van der Waals surface area contributed by atoms with Crippen LogP contribution in [0.5, 0.6) is 0 Å². The summed E-state index contributed by atoms with van der Waals surface area (Å²) in [5.41, 5.74) is 0.643. The molecule has 1 fully saturated rings. The normalized spacial score (nSPS) is 25.2. The van der Waals surface area contributed by atoms with Crippen molar-refractivity contribution >= 4 is 11.8 Å². The van der Waals surface area contributed by atoms with Crippen LogP contribution in [0.1, 0.15) is 37.4 Å². The second kappa shape index (κ2) is 7.27. The SMILES string of the molecule is CSC1CCCC(NCC(O)c2cccc(F)c2)C1. The van der Waals surface area contributed by atoms with Crippen LogP contribution >= 0.6 is 11.8 Å². The third kappa shape index (κ3) is 4.48. The van der Waals surface area contributed by atoms with Crippen LogP contribution in [0, 0.1) is 5.82 Å². The molecule has 1 aromatic rings. The Hall–Kier alpha value is -0.580. The summed E-state index contributed by atoms with van der Waals surface area (Å²) in [5.74, 6) is -0.295. The zero-order valence-electron chi connectivity index (χ0n) is 11.3. The largest absolute Gasteiger partial charge is 0.387 e. The molecule has 19 heavy (non-hydrogen) atoms. The van der Waals surface area contributed by atoms with Gasteiger partial charge in [0.15, 0.2) is 0 Å². The molecule has 1 aromatic carbocycles. The third-order valence-electron chi connectivity index (χ3n) is 3.79. The molecule has 2 rings (SSSR count). The van der Waals surface area contributed by atoms with Gasteiger partial charge in [-0.3, -0.25) is 0 Å². The molecule has 3 atom stereocenters. The number of hydrogen-bond donors (Lipinski definition) is 2. The highest BCUT2D eigenvalue weighted by Crippen LogP contribution is 2.27. The van der Waals surface area contributed by atoms with Crippen LogP contribution in [0.3, 0.4) is 0 Å². The van der Waals surface area contributed by atoms with Crippen molar-refractivity contribution in [1.82, 2.24) is 5.32 Å². The number of aliphatic hydroxyl groups excluding tert-OH is 1. The van der Waals surface area contributed by atoms with Crippen molar-refractivity contribution in [1.29, 1.82) is 0 Å². The van der Waals surface area contributed by atoms with Crippen molar-refractivity contribution < 1.29 is 9.50 Å². The van der Waals surface area contributed by atoms with Crippen molar-refractivity contribution in [3.05, 3.63) is 35.6 Å². The van der Waals surface area contributed by atoms with E-state index in [1.54, 1.807) is 12.1 Å². The maximum absolute atomic E-state index is 13.1. The quantitative estimate of drug-likeness (QED) is 0.871. The molecule has 4 heteroatoms. The van der Waals surface area contributed by atoms with Gasteiger partial charge in [0.1, 0.15) is 5.82 Å². The second-order valence-corrected chi connectivity index (χ2v) is 6.34. The highest BCUT2D eigenvalue weighted by molar-refractivity contribution is 7.99. The van der Waals surface area contributed by atoms with Gasteiger partial charge in [-0.05, 0) is 43.2 Å². The number of benzene rings is 1. The Balaban J connectivity index is 1.81. The van der Waals surface area contributed by atoms with Gasteiger partial charge in [-0.15, -0.1) is 0 Å². The Labute approximate surface area is 118 Å². The molecule has 0 saturated heterocycles. The predicted molar refractivity (Wildman–Crippen MR) is 78.9 cm³/mol. The summed E-state index contributed by atoms with van der Waals surface area (Å²) in [5, 5.41) is 14.2. The first-order chi connectivity index (χ1) is 9.19. The summed E-state index contributed by atoms with van der Waals surface area (Å²) in [6.07, 6.45) is 6.41. The van der Waals surface area contributed by atoms with E-state index in [9.17, 15) is 9.50 Å². The lowest BCUT2D eigenvalue weighted by Crippen LogP contribution is -2.37. The van der Waals surface area contributed by atoms with Crippen molar-refractivity contribution in [2.75, 3.05) is 12.8 Å². The van der Waals surface area contributed by atoms with Gasteiger partial charge in [0.2, 0.25) is 0 Å². The number of halogens is 1. The van der Waals surface area contributed by atoms with Gasteiger partial charge in [0.05, 0.1) is 6.10 Å². The molecule has 3 unspecified atom stereocenters. The minimum Gasteiger partial charge on any atom is -0.387 e. The number of thioether (sulfide) groups is 1. The molecule has 1 aliphatic rings. The summed E-state index contributed by atoms with van der Waals surface area (Å²) in [6.45, 7) is 0.495. The van der Waals surface area contributed by atoms with Crippen molar-refractivity contribution in [3.63, 3.8) is 0 Å². The van der Waals surface area contributed by atoms with Crippen LogP contribution in [0.25, 0.3) is 0 Å². The monoisotopic (exact) mass is 283 g/mol. The molecule has 0 aromatic heterocycles. The average Bonchev–Trinajstić information content (AvgIpc) is 2.45. The fourth-order valence-electron chi connectivity index (χ4n) is 2.65. The van der Waals surface area contributed by atoms with Gasteiger partial charge < -0.3 is 10.4 Å². The third-order valence-corrected chi connectivity index (χ3v) is 4.89. The summed E-state index contributed by atoms with van der Waals surface area (Å²) < 4.78 is 13.1. The summed E-state index contributed by atoms with van der Waals surface area (Å²) >= 11 is 1.93. The summed E-state index contributed by atoms with van der Waals surface area (Å²) in [7, 11) is 0. The van der Waals surface area contributed by atoms with Crippen molar-refractivity contribution in [2.24, 2.45) is 0 Å². The molecule has 2 nitrogen and oxygen atoms in total.